The van der Waals surface area contributed by atoms with E-state index in [1.165, 1.54) is 30.4 Å². The van der Waals surface area contributed by atoms with Gasteiger partial charge in [-0.3, -0.25) is 4.79 Å². The van der Waals surface area contributed by atoms with Crippen LogP contribution in [-0.4, -0.2) is 19.0 Å². The van der Waals surface area contributed by atoms with Crippen LogP contribution in [0.3, 0.4) is 0 Å². The van der Waals surface area contributed by atoms with Crippen LogP contribution in [0.25, 0.3) is 0 Å². The molecule has 1 aliphatic rings. The number of benzene rings is 1. The maximum absolute atomic E-state index is 11.6. The topological polar surface area (TPSA) is 41.1 Å². The molecule has 0 bridgehead atoms. The highest BCUT2D eigenvalue weighted by Gasteiger charge is 2.11. The average Bonchev–Trinajstić information content (AvgIpc) is 2.81. The number of hydrogen-bond acceptors (Lipinski definition) is 2. The zero-order chi connectivity index (χ0) is 13.0. The Labute approximate surface area is 109 Å². The van der Waals surface area contributed by atoms with Crippen LogP contribution < -0.4 is 10.6 Å². The van der Waals surface area contributed by atoms with Gasteiger partial charge in [0.1, 0.15) is 0 Å². The van der Waals surface area contributed by atoms with Crippen molar-refractivity contribution >= 4 is 11.6 Å². The number of rotatable bonds is 5. The van der Waals surface area contributed by atoms with Crippen molar-refractivity contribution in [1.29, 1.82) is 0 Å². The predicted molar refractivity (Wildman–Crippen MR) is 74.8 cm³/mol. The number of nitrogens with one attached hydrogen (secondary N) is 2. The Bertz CT molecular complexity index is 427. The summed E-state index contributed by atoms with van der Waals surface area (Å²) in [5.74, 6) is 0.554. The van der Waals surface area contributed by atoms with E-state index in [2.05, 4.69) is 42.7 Å². The van der Waals surface area contributed by atoms with Crippen molar-refractivity contribution in [2.45, 2.75) is 33.1 Å². The first kappa shape index (κ1) is 12.9. The fourth-order valence-electron chi connectivity index (χ4n) is 2.24. The average molecular weight is 246 g/mol. The number of aryl methyl sites for hydroxylation is 2. The van der Waals surface area contributed by atoms with Crippen LogP contribution in [0.1, 0.15) is 31.4 Å². The molecule has 2 rings (SSSR count). The summed E-state index contributed by atoms with van der Waals surface area (Å²) in [6, 6.07) is 6.43. The highest BCUT2D eigenvalue weighted by molar-refractivity contribution is 5.80. The first-order valence-corrected chi connectivity index (χ1v) is 6.77. The van der Waals surface area contributed by atoms with Gasteiger partial charge >= 0.3 is 0 Å². The molecule has 0 heterocycles. The third-order valence-corrected chi connectivity index (χ3v) is 3.26. The van der Waals surface area contributed by atoms with E-state index in [-0.39, 0.29) is 5.91 Å². The van der Waals surface area contributed by atoms with Gasteiger partial charge in [0.2, 0.25) is 5.91 Å². The summed E-state index contributed by atoms with van der Waals surface area (Å²) < 4.78 is 0. The third kappa shape index (κ3) is 3.49. The van der Waals surface area contributed by atoms with Gasteiger partial charge in [-0.05, 0) is 48.4 Å². The Balaban J connectivity index is 1.81. The molecule has 0 atom stereocenters. The van der Waals surface area contributed by atoms with Gasteiger partial charge in [-0.1, -0.05) is 19.9 Å². The normalized spacial score (nSPS) is 13.5. The van der Waals surface area contributed by atoms with Crippen LogP contribution in [-0.2, 0) is 17.6 Å². The van der Waals surface area contributed by atoms with Crippen molar-refractivity contribution in [3.05, 3.63) is 29.3 Å². The van der Waals surface area contributed by atoms with Crippen molar-refractivity contribution in [2.75, 3.05) is 18.4 Å². The van der Waals surface area contributed by atoms with E-state index < -0.39 is 0 Å². The summed E-state index contributed by atoms with van der Waals surface area (Å²) in [5, 5.41) is 6.09. The van der Waals surface area contributed by atoms with Gasteiger partial charge in [0.05, 0.1) is 6.54 Å². The third-order valence-electron chi connectivity index (χ3n) is 3.26. The molecule has 3 nitrogen and oxygen atoms in total. The van der Waals surface area contributed by atoms with Gasteiger partial charge in [0.25, 0.3) is 0 Å². The Morgan fingerprint density at radius 1 is 1.28 bits per heavy atom. The number of anilines is 1. The second kappa shape index (κ2) is 5.89. The minimum Gasteiger partial charge on any atom is -0.376 e. The summed E-state index contributed by atoms with van der Waals surface area (Å²) in [4.78, 5) is 11.6. The largest absolute Gasteiger partial charge is 0.376 e. The van der Waals surface area contributed by atoms with Crippen LogP contribution in [0, 0.1) is 5.92 Å². The van der Waals surface area contributed by atoms with Crippen molar-refractivity contribution < 1.29 is 4.79 Å². The van der Waals surface area contributed by atoms with E-state index >= 15 is 0 Å². The minimum atomic E-state index is 0.0594. The molecule has 0 spiro atoms. The molecule has 18 heavy (non-hydrogen) atoms. The number of amides is 1. The van der Waals surface area contributed by atoms with Crippen LogP contribution in [0.15, 0.2) is 18.2 Å². The summed E-state index contributed by atoms with van der Waals surface area (Å²) in [6.45, 7) is 5.28. The smallest absolute Gasteiger partial charge is 0.239 e. The van der Waals surface area contributed by atoms with Crippen LogP contribution in [0.2, 0.25) is 0 Å². The van der Waals surface area contributed by atoms with Gasteiger partial charge in [-0.25, -0.2) is 0 Å². The molecule has 98 valence electrons. The highest BCUT2D eigenvalue weighted by atomic mass is 16.1. The summed E-state index contributed by atoms with van der Waals surface area (Å²) in [5.41, 5.74) is 3.95. The summed E-state index contributed by atoms with van der Waals surface area (Å²) in [6.07, 6.45) is 3.63. The molecule has 0 radical (unpaired) electrons. The molecule has 1 aliphatic carbocycles. The lowest BCUT2D eigenvalue weighted by atomic mass is 10.1. The lowest BCUT2D eigenvalue weighted by Crippen LogP contribution is -2.32. The number of fused-ring (bicyclic) bond motifs is 1. The monoisotopic (exact) mass is 246 g/mol. The molecule has 1 aromatic carbocycles. The van der Waals surface area contributed by atoms with E-state index in [4.69, 9.17) is 0 Å². The quantitative estimate of drug-likeness (QED) is 0.837. The molecule has 0 aliphatic heterocycles. The molecule has 0 saturated carbocycles. The van der Waals surface area contributed by atoms with E-state index in [0.717, 1.165) is 12.2 Å². The Morgan fingerprint density at radius 3 is 2.83 bits per heavy atom. The molecule has 0 aromatic heterocycles. The summed E-state index contributed by atoms with van der Waals surface area (Å²) >= 11 is 0. The lowest BCUT2D eigenvalue weighted by molar-refractivity contribution is -0.119. The zero-order valence-electron chi connectivity index (χ0n) is 11.3. The molecule has 1 amide bonds. The number of hydrogen-bond donors (Lipinski definition) is 2. The Hall–Kier alpha value is -1.51. The van der Waals surface area contributed by atoms with E-state index in [1.807, 2.05) is 0 Å². The fraction of sp³-hybridized carbons (Fsp3) is 0.533. The summed E-state index contributed by atoms with van der Waals surface area (Å²) in [7, 11) is 0. The van der Waals surface area contributed by atoms with Crippen LogP contribution in [0.4, 0.5) is 5.69 Å². The molecular weight excluding hydrogens is 224 g/mol. The molecule has 2 N–H and O–H groups in total. The first-order valence-electron chi connectivity index (χ1n) is 6.77. The van der Waals surface area contributed by atoms with Crippen molar-refractivity contribution in [3.8, 4) is 0 Å². The Morgan fingerprint density at radius 2 is 2.06 bits per heavy atom. The molecular formula is C15H22N2O. The molecule has 1 aromatic rings. The minimum absolute atomic E-state index is 0.0594. The second-order valence-corrected chi connectivity index (χ2v) is 5.39. The van der Waals surface area contributed by atoms with Gasteiger partial charge < -0.3 is 10.6 Å². The van der Waals surface area contributed by atoms with Gasteiger partial charge in [-0.15, -0.1) is 0 Å². The first-order chi connectivity index (χ1) is 8.65. The predicted octanol–water partition coefficient (Wildman–Crippen LogP) is 2.36. The van der Waals surface area contributed by atoms with Gasteiger partial charge in [0, 0.05) is 12.2 Å². The van der Waals surface area contributed by atoms with E-state index in [0.29, 0.717) is 12.5 Å². The Kier molecular flexibility index (Phi) is 4.24. The van der Waals surface area contributed by atoms with Gasteiger partial charge in [-0.2, -0.15) is 0 Å². The van der Waals surface area contributed by atoms with Crippen molar-refractivity contribution in [1.82, 2.24) is 5.32 Å². The maximum atomic E-state index is 11.6. The maximum Gasteiger partial charge on any atom is 0.239 e. The molecule has 0 saturated heterocycles. The van der Waals surface area contributed by atoms with Crippen LogP contribution in [0.5, 0.6) is 0 Å². The van der Waals surface area contributed by atoms with Crippen molar-refractivity contribution in [2.24, 2.45) is 5.92 Å². The number of carbonyl (C=O) groups is 1. The lowest BCUT2D eigenvalue weighted by Gasteiger charge is -2.10. The number of carbonyl (C=O) groups excluding carboxylic acids is 1. The van der Waals surface area contributed by atoms with E-state index in [9.17, 15) is 4.79 Å². The molecule has 0 unspecified atom stereocenters. The highest BCUT2D eigenvalue weighted by Crippen LogP contribution is 2.24. The van der Waals surface area contributed by atoms with Crippen molar-refractivity contribution in [3.63, 3.8) is 0 Å². The van der Waals surface area contributed by atoms with Crippen LogP contribution >= 0.6 is 0 Å². The molecule has 3 heteroatoms. The fourth-order valence-corrected chi connectivity index (χ4v) is 2.24. The van der Waals surface area contributed by atoms with E-state index in [1.54, 1.807) is 0 Å². The SMILES string of the molecule is CC(C)CNC(=O)CNc1ccc2c(c1)CCC2. The zero-order valence-corrected chi connectivity index (χ0v) is 11.3. The molecule has 0 fully saturated rings. The van der Waals surface area contributed by atoms with Gasteiger partial charge in [0.15, 0.2) is 0 Å². The second-order valence-electron chi connectivity index (χ2n) is 5.39. The standard InChI is InChI=1S/C15H22N2O/c1-11(2)9-17-15(18)10-16-14-7-6-12-4-3-5-13(12)8-14/h6-8,11,16H,3-5,9-10H2,1-2H3,(H,17,18).